The first-order valence-corrected chi connectivity index (χ1v) is 50.3. The molecule has 20 unspecified atom stereocenters. The summed E-state index contributed by atoms with van der Waals surface area (Å²) in [5.41, 5.74) is 0. The second-order valence-electron chi connectivity index (χ2n) is 35.5. The first-order chi connectivity index (χ1) is 58.5. The zero-order valence-corrected chi connectivity index (χ0v) is 77.1. The fourth-order valence-electron chi connectivity index (χ4n) is 16.3. The summed E-state index contributed by atoms with van der Waals surface area (Å²) in [6.45, 7) is 10.2. The molecule has 0 bridgehead atoms. The Bertz CT molecular complexity index is 2640. The third-order valence-electron chi connectivity index (χ3n) is 24.2. The van der Waals surface area contributed by atoms with Gasteiger partial charge in [0.25, 0.3) is 0 Å². The number of carbonyl (C=O) groups excluding carboxylic acids is 4. The Morgan fingerprint density at radius 3 is 1.07 bits per heavy atom. The van der Waals surface area contributed by atoms with Gasteiger partial charge in [-0.1, -0.05) is 336 Å². The predicted octanol–water partition coefficient (Wildman–Crippen LogP) is 18.6. The van der Waals surface area contributed by atoms with Gasteiger partial charge < -0.3 is 88.7 Å². The van der Waals surface area contributed by atoms with E-state index in [4.69, 9.17) is 46.9 Å². The van der Waals surface area contributed by atoms with Gasteiger partial charge in [0.15, 0.2) is 24.8 Å². The van der Waals surface area contributed by atoms with Crippen LogP contribution in [0.3, 0.4) is 0 Å². The van der Waals surface area contributed by atoms with Crippen LogP contribution in [0.2, 0.25) is 0 Å². The average Bonchev–Trinajstić information content (AvgIpc) is 0.754. The van der Waals surface area contributed by atoms with Gasteiger partial charge in [0, 0.05) is 25.7 Å². The molecule has 0 amide bonds. The fourth-order valence-corrected chi connectivity index (χ4v) is 17.2. The largest absolute Gasteiger partial charge is 0.472 e. The Labute approximate surface area is 730 Å². The quantitative estimate of drug-likeness (QED) is 0.00889. The van der Waals surface area contributed by atoms with Crippen LogP contribution in [0.15, 0.2) is 24.3 Å². The Kier molecular flexibility index (Phi) is 66.6. The van der Waals surface area contributed by atoms with Gasteiger partial charge >= 0.3 is 31.7 Å². The van der Waals surface area contributed by atoms with E-state index in [1.165, 1.54) is 154 Å². The number of carbonyl (C=O) groups is 4. The first kappa shape index (κ1) is 112. The van der Waals surface area contributed by atoms with E-state index in [1.807, 2.05) is 0 Å². The fraction of sp³-hybridized carbons (Fsp3) is 0.916. The average molecular weight is 1750 g/mol. The summed E-state index contributed by atoms with van der Waals surface area (Å²) in [4.78, 5) is 66.7. The smallest absolute Gasteiger partial charge is 0.463 e. The number of hydrogen-bond donors (Lipinski definition) is 10. The summed E-state index contributed by atoms with van der Waals surface area (Å²) in [5.74, 6) is -1.60. The molecular weight excluding hydrogens is 1570 g/mol. The molecule has 3 rings (SSSR count). The molecule has 1 saturated carbocycles. The van der Waals surface area contributed by atoms with Crippen LogP contribution in [-0.4, -0.2) is 205 Å². The van der Waals surface area contributed by atoms with Crippen LogP contribution >= 0.6 is 7.82 Å². The van der Waals surface area contributed by atoms with Crippen LogP contribution in [0, 0.1) is 11.8 Å². The Morgan fingerprint density at radius 1 is 0.347 bits per heavy atom. The Balaban J connectivity index is 1.92. The van der Waals surface area contributed by atoms with Gasteiger partial charge in [-0.15, -0.1) is 0 Å². The molecule has 0 aromatic heterocycles. The number of esters is 4. The maximum atomic E-state index is 14.9. The third kappa shape index (κ3) is 52.3. The standard InChI is InChI=1S/C95H175O25P/c1-7-11-15-19-23-25-27-29-31-33-35-37-39-51-59-67-80(99)114-75(70-111-78(97)65-57-49-43-41-47-55-63-73(5)61-53-45-21-17-13-9-3)71-113-121(109,110)120-93-91(118-94-88(107)84(103)82(101)76(69-96)115-94)87(106)86(105)90(117-81(100)68-60-52-40-38-36-34-32-30-28-26-24-20-16-12-8-2)92(93)119-95-89(108)85(104)83(102)77(116-95)72-112-79(98)66-58-50-44-42-48-56-64-74(6)62-54-46-22-18-14-10-4/h25-28,73-77,82-96,101-108H,7-24,29-72H2,1-6H3,(H,109,110)/b27-25-,28-26-. The number of phosphoric ester groups is 1. The highest BCUT2D eigenvalue weighted by Crippen LogP contribution is 2.49. The SMILES string of the molecule is CCCCCC/C=C\CCCCCCCCCC(=O)OC(COC(=O)CCCCCCCCC(C)CCCCCCCC)COP(=O)(O)OC1C(OC2OC(CO)C(O)C(O)C2O)C(O)C(O)C(OC(=O)CCCCCCCCC/C=C\CCCCCC)C1OC1OC(COC(=O)CCCCCCCCC(C)CCCCCCCC)C(O)C(O)C1O. The molecule has 25 nitrogen and oxygen atoms in total. The lowest BCUT2D eigenvalue weighted by molar-refractivity contribution is -0.360. The molecule has 3 fully saturated rings. The Morgan fingerprint density at radius 2 is 0.669 bits per heavy atom. The molecule has 0 aromatic carbocycles. The lowest BCUT2D eigenvalue weighted by Crippen LogP contribution is -2.70. The summed E-state index contributed by atoms with van der Waals surface area (Å²) in [7, 11) is -5.82. The summed E-state index contributed by atoms with van der Waals surface area (Å²) in [6, 6.07) is 0. The molecule has 0 radical (unpaired) electrons. The summed E-state index contributed by atoms with van der Waals surface area (Å²) < 4.78 is 73.6. The maximum Gasteiger partial charge on any atom is 0.472 e. The molecule has 20 atom stereocenters. The molecule has 3 aliphatic rings. The van der Waals surface area contributed by atoms with Crippen molar-refractivity contribution in [3.63, 3.8) is 0 Å². The summed E-state index contributed by atoms with van der Waals surface area (Å²) >= 11 is 0. The van der Waals surface area contributed by atoms with Crippen LogP contribution in [0.5, 0.6) is 0 Å². The second-order valence-corrected chi connectivity index (χ2v) is 36.9. The van der Waals surface area contributed by atoms with E-state index in [1.54, 1.807) is 0 Å². The van der Waals surface area contributed by atoms with E-state index in [2.05, 4.69) is 65.8 Å². The number of aliphatic hydroxyl groups excluding tert-OH is 9. The molecule has 2 aliphatic heterocycles. The van der Waals surface area contributed by atoms with E-state index in [9.17, 15) is 74.6 Å². The van der Waals surface area contributed by atoms with Gasteiger partial charge in [0.05, 0.1) is 13.2 Å². The Hall–Kier alpha value is -3.05. The van der Waals surface area contributed by atoms with Crippen molar-refractivity contribution in [2.75, 3.05) is 26.4 Å². The van der Waals surface area contributed by atoms with E-state index < -0.39 is 162 Å². The van der Waals surface area contributed by atoms with Gasteiger partial charge in [-0.2, -0.15) is 0 Å². The second kappa shape index (κ2) is 71.8. The lowest BCUT2D eigenvalue weighted by Gasteiger charge is -2.50. The van der Waals surface area contributed by atoms with Gasteiger partial charge in [-0.05, 0) is 88.9 Å². The van der Waals surface area contributed by atoms with Crippen LogP contribution in [-0.2, 0) is 70.7 Å². The van der Waals surface area contributed by atoms with Crippen molar-refractivity contribution in [3.05, 3.63) is 24.3 Å². The molecule has 10 N–H and O–H groups in total. The maximum absolute atomic E-state index is 14.9. The minimum atomic E-state index is -5.82. The van der Waals surface area contributed by atoms with Crippen molar-refractivity contribution >= 4 is 31.7 Å². The lowest BCUT2D eigenvalue weighted by atomic mass is 9.84. The van der Waals surface area contributed by atoms with Crippen LogP contribution < -0.4 is 0 Å². The van der Waals surface area contributed by atoms with E-state index in [0.29, 0.717) is 50.4 Å². The number of rotatable bonds is 78. The predicted molar refractivity (Wildman–Crippen MR) is 472 cm³/mol. The number of phosphoric acid groups is 1. The van der Waals surface area contributed by atoms with Crippen molar-refractivity contribution < 1.29 is 122 Å². The van der Waals surface area contributed by atoms with Gasteiger partial charge in [-0.3, -0.25) is 28.2 Å². The normalized spacial score (nSPS) is 25.2. The minimum absolute atomic E-state index is 0.0137. The molecule has 1 aliphatic carbocycles. The van der Waals surface area contributed by atoms with Crippen molar-refractivity contribution in [3.8, 4) is 0 Å². The zero-order chi connectivity index (χ0) is 88.5. The topological polar surface area (TPSA) is 380 Å². The molecule has 710 valence electrons. The number of allylic oxidation sites excluding steroid dienone is 4. The number of unbranched alkanes of at least 4 members (excludes halogenated alkanes) is 42. The molecule has 2 heterocycles. The van der Waals surface area contributed by atoms with E-state index in [0.717, 1.165) is 154 Å². The summed E-state index contributed by atoms with van der Waals surface area (Å²) in [5, 5.41) is 103. The van der Waals surface area contributed by atoms with Crippen molar-refractivity contribution in [1.82, 2.24) is 0 Å². The number of aliphatic hydroxyl groups is 9. The first-order valence-electron chi connectivity index (χ1n) is 48.9. The minimum Gasteiger partial charge on any atom is -0.463 e. The van der Waals surface area contributed by atoms with Crippen LogP contribution in [0.25, 0.3) is 0 Å². The molecule has 26 heteroatoms. The van der Waals surface area contributed by atoms with Crippen molar-refractivity contribution in [1.29, 1.82) is 0 Å². The molecule has 121 heavy (non-hydrogen) atoms. The van der Waals surface area contributed by atoms with Crippen molar-refractivity contribution in [2.45, 2.75) is 518 Å². The molecule has 2 saturated heterocycles. The highest BCUT2D eigenvalue weighted by atomic mass is 31.2. The summed E-state index contributed by atoms with van der Waals surface area (Å²) in [6.07, 6.45) is 30.1. The monoisotopic (exact) mass is 1750 g/mol. The van der Waals surface area contributed by atoms with Gasteiger partial charge in [0.1, 0.15) is 92.6 Å². The molecule has 0 spiro atoms. The van der Waals surface area contributed by atoms with Crippen LogP contribution in [0.1, 0.15) is 414 Å². The van der Waals surface area contributed by atoms with Gasteiger partial charge in [0.2, 0.25) is 0 Å². The van der Waals surface area contributed by atoms with E-state index in [-0.39, 0.29) is 25.7 Å². The molecular formula is C95H175O25P. The zero-order valence-electron chi connectivity index (χ0n) is 76.2. The number of hydrogen-bond acceptors (Lipinski definition) is 24. The van der Waals surface area contributed by atoms with Crippen molar-refractivity contribution in [2.24, 2.45) is 11.8 Å². The third-order valence-corrected chi connectivity index (χ3v) is 25.2. The highest BCUT2D eigenvalue weighted by molar-refractivity contribution is 7.47. The highest BCUT2D eigenvalue weighted by Gasteiger charge is 2.60. The van der Waals surface area contributed by atoms with Gasteiger partial charge in [-0.25, -0.2) is 4.57 Å². The van der Waals surface area contributed by atoms with E-state index >= 15 is 0 Å². The number of ether oxygens (including phenoxy) is 8. The van der Waals surface area contributed by atoms with Crippen LogP contribution in [0.4, 0.5) is 0 Å². The molecule has 0 aromatic rings.